The summed E-state index contributed by atoms with van der Waals surface area (Å²) in [5.41, 5.74) is 0. The van der Waals surface area contributed by atoms with Gasteiger partial charge in [-0.25, -0.2) is 0 Å². The van der Waals surface area contributed by atoms with Gasteiger partial charge >= 0.3 is 0 Å². The molecule has 0 heteroatoms. The topological polar surface area (TPSA) is 0 Å². The maximum absolute atomic E-state index is 2.55. The van der Waals surface area contributed by atoms with E-state index >= 15 is 0 Å². The highest BCUT2D eigenvalue weighted by Crippen LogP contribution is 2.48. The fourth-order valence-corrected chi connectivity index (χ4v) is 6.00. The Morgan fingerprint density at radius 1 is 0.381 bits per heavy atom. The van der Waals surface area contributed by atoms with E-state index in [-0.39, 0.29) is 0 Å². The first-order valence-corrected chi connectivity index (χ1v) is 10.1. The zero-order chi connectivity index (χ0) is 14.8. The van der Waals surface area contributed by atoms with Crippen LogP contribution in [0.3, 0.4) is 0 Å². The first-order valence-electron chi connectivity index (χ1n) is 10.1. The van der Waals surface area contributed by atoms with Crippen LogP contribution in [0.5, 0.6) is 0 Å². The van der Waals surface area contributed by atoms with Gasteiger partial charge in [-0.15, -0.1) is 0 Å². The van der Waals surface area contributed by atoms with Crippen LogP contribution in [0.4, 0.5) is 0 Å². The van der Waals surface area contributed by atoms with Crippen molar-refractivity contribution in [1.29, 1.82) is 0 Å². The van der Waals surface area contributed by atoms with Crippen molar-refractivity contribution >= 4 is 0 Å². The van der Waals surface area contributed by atoms with Gasteiger partial charge in [-0.3, -0.25) is 0 Å². The van der Waals surface area contributed by atoms with Crippen LogP contribution in [-0.2, 0) is 0 Å². The highest BCUT2D eigenvalue weighted by molar-refractivity contribution is 4.87. The molecule has 0 N–H and O–H groups in total. The summed E-state index contributed by atoms with van der Waals surface area (Å²) in [6.07, 6.45) is 17.0. The molecule has 3 rings (SSSR count). The Balaban J connectivity index is 1.56. The molecule has 0 nitrogen and oxygen atoms in total. The molecule has 0 radical (unpaired) electrons. The standard InChI is InChI=1S/C21H38/c1-15-4-8-18(9-5-15)20-12-17(3)13-21(14-20)19-10-6-16(2)7-11-19/h15-21H,4-14H2,1-3H3. The second kappa shape index (κ2) is 7.05. The van der Waals surface area contributed by atoms with Crippen molar-refractivity contribution in [3.8, 4) is 0 Å². The lowest BCUT2D eigenvalue weighted by molar-refractivity contribution is 0.0712. The van der Waals surface area contributed by atoms with Gasteiger partial charge in [0.05, 0.1) is 0 Å². The van der Waals surface area contributed by atoms with Gasteiger partial charge in [0.2, 0.25) is 0 Å². The molecule has 0 spiro atoms. The number of hydrogen-bond acceptors (Lipinski definition) is 0. The first-order chi connectivity index (χ1) is 10.1. The molecule has 0 aromatic carbocycles. The van der Waals surface area contributed by atoms with Crippen LogP contribution in [0.25, 0.3) is 0 Å². The summed E-state index contributed by atoms with van der Waals surface area (Å²) in [5.74, 6) is 7.39. The highest BCUT2D eigenvalue weighted by atomic mass is 14.4. The SMILES string of the molecule is CC1CCC(C2CC(C)CC(C3CCC(C)CC3)C2)CC1. The molecule has 0 bridgehead atoms. The maximum Gasteiger partial charge on any atom is -0.0381 e. The molecule has 0 aromatic heterocycles. The van der Waals surface area contributed by atoms with Crippen LogP contribution in [0.1, 0.15) is 91.4 Å². The summed E-state index contributed by atoms with van der Waals surface area (Å²) >= 11 is 0. The van der Waals surface area contributed by atoms with Gasteiger partial charge in [0, 0.05) is 0 Å². The van der Waals surface area contributed by atoms with E-state index < -0.39 is 0 Å². The Morgan fingerprint density at radius 2 is 0.762 bits per heavy atom. The lowest BCUT2D eigenvalue weighted by atomic mass is 9.62. The zero-order valence-electron chi connectivity index (χ0n) is 14.8. The van der Waals surface area contributed by atoms with Crippen LogP contribution in [-0.4, -0.2) is 0 Å². The van der Waals surface area contributed by atoms with E-state index in [0.29, 0.717) is 0 Å². The summed E-state index contributed by atoms with van der Waals surface area (Å²) in [5, 5.41) is 0. The van der Waals surface area contributed by atoms with E-state index in [4.69, 9.17) is 0 Å². The van der Waals surface area contributed by atoms with Crippen LogP contribution in [0.2, 0.25) is 0 Å². The lowest BCUT2D eigenvalue weighted by Gasteiger charge is -2.44. The third kappa shape index (κ3) is 4.05. The molecule has 3 aliphatic rings. The molecule has 3 fully saturated rings. The molecule has 0 amide bonds. The van der Waals surface area contributed by atoms with Crippen LogP contribution in [0.15, 0.2) is 0 Å². The van der Waals surface area contributed by atoms with Crippen molar-refractivity contribution in [2.45, 2.75) is 91.4 Å². The normalized spacial score (nSPS) is 49.0. The van der Waals surface area contributed by atoms with Crippen molar-refractivity contribution in [2.75, 3.05) is 0 Å². The first kappa shape index (κ1) is 15.9. The molecule has 0 heterocycles. The molecule has 21 heavy (non-hydrogen) atoms. The largest absolute Gasteiger partial charge is 0.0625 e. The van der Waals surface area contributed by atoms with E-state index in [1.807, 2.05) is 0 Å². The molecule has 3 saturated carbocycles. The predicted octanol–water partition coefficient (Wildman–Crippen LogP) is 6.69. The summed E-state index contributed by atoms with van der Waals surface area (Å²) < 4.78 is 0. The Hall–Kier alpha value is 0. The van der Waals surface area contributed by atoms with Crippen molar-refractivity contribution in [1.82, 2.24) is 0 Å². The fraction of sp³-hybridized carbons (Fsp3) is 1.00. The van der Waals surface area contributed by atoms with Gasteiger partial charge in [-0.1, -0.05) is 46.5 Å². The average molecular weight is 291 g/mol. The van der Waals surface area contributed by atoms with E-state index in [9.17, 15) is 0 Å². The molecular weight excluding hydrogens is 252 g/mol. The third-order valence-electron chi connectivity index (χ3n) is 7.47. The lowest BCUT2D eigenvalue weighted by Crippen LogP contribution is -2.33. The Kier molecular flexibility index (Phi) is 5.33. The van der Waals surface area contributed by atoms with Gasteiger partial charge in [0.25, 0.3) is 0 Å². The summed E-state index contributed by atoms with van der Waals surface area (Å²) in [6, 6.07) is 0. The van der Waals surface area contributed by atoms with Crippen molar-refractivity contribution in [3.63, 3.8) is 0 Å². The molecule has 2 unspecified atom stereocenters. The summed E-state index contributed by atoms with van der Waals surface area (Å²) in [4.78, 5) is 0. The maximum atomic E-state index is 2.55. The second-order valence-corrected chi connectivity index (χ2v) is 9.37. The monoisotopic (exact) mass is 290 g/mol. The van der Waals surface area contributed by atoms with E-state index in [1.54, 1.807) is 44.9 Å². The van der Waals surface area contributed by atoms with Crippen molar-refractivity contribution in [2.24, 2.45) is 41.4 Å². The van der Waals surface area contributed by atoms with Gasteiger partial charge in [0.15, 0.2) is 0 Å². The number of hydrogen-bond donors (Lipinski definition) is 0. The predicted molar refractivity (Wildman–Crippen MR) is 92.2 cm³/mol. The average Bonchev–Trinajstić information content (AvgIpc) is 2.48. The molecule has 0 aromatic rings. The Bertz CT molecular complexity index is 274. The quantitative estimate of drug-likeness (QED) is 0.531. The molecule has 0 aliphatic heterocycles. The summed E-state index contributed by atoms with van der Waals surface area (Å²) in [7, 11) is 0. The van der Waals surface area contributed by atoms with Crippen molar-refractivity contribution < 1.29 is 0 Å². The van der Waals surface area contributed by atoms with E-state index in [1.165, 1.54) is 25.7 Å². The molecule has 0 saturated heterocycles. The second-order valence-electron chi connectivity index (χ2n) is 9.37. The van der Waals surface area contributed by atoms with E-state index in [2.05, 4.69) is 20.8 Å². The molecular formula is C21H38. The fourth-order valence-electron chi connectivity index (χ4n) is 6.00. The van der Waals surface area contributed by atoms with Gasteiger partial charge in [0.1, 0.15) is 0 Å². The van der Waals surface area contributed by atoms with E-state index in [0.717, 1.165) is 41.4 Å². The highest BCUT2D eigenvalue weighted by Gasteiger charge is 2.36. The summed E-state index contributed by atoms with van der Waals surface area (Å²) in [6.45, 7) is 7.48. The minimum atomic E-state index is 1.01. The van der Waals surface area contributed by atoms with Gasteiger partial charge in [-0.2, -0.15) is 0 Å². The third-order valence-corrected chi connectivity index (χ3v) is 7.47. The van der Waals surface area contributed by atoms with Crippen LogP contribution in [0, 0.1) is 41.4 Å². The molecule has 2 atom stereocenters. The van der Waals surface area contributed by atoms with Crippen LogP contribution >= 0.6 is 0 Å². The minimum absolute atomic E-state index is 1.01. The Labute approximate surface area is 133 Å². The smallest absolute Gasteiger partial charge is 0.0381 e. The van der Waals surface area contributed by atoms with Crippen molar-refractivity contribution in [3.05, 3.63) is 0 Å². The van der Waals surface area contributed by atoms with Gasteiger partial charge < -0.3 is 0 Å². The zero-order valence-corrected chi connectivity index (χ0v) is 14.8. The molecule has 3 aliphatic carbocycles. The number of rotatable bonds is 2. The van der Waals surface area contributed by atoms with Gasteiger partial charge in [-0.05, 0) is 86.4 Å². The molecule has 122 valence electrons. The van der Waals surface area contributed by atoms with Crippen LogP contribution < -0.4 is 0 Å². The minimum Gasteiger partial charge on any atom is -0.0625 e. The Morgan fingerprint density at radius 3 is 1.14 bits per heavy atom.